The average Bonchev–Trinajstić information content (AvgIpc) is 3.25. The van der Waals surface area contributed by atoms with E-state index in [0.29, 0.717) is 35.6 Å². The van der Waals surface area contributed by atoms with Gasteiger partial charge in [0.25, 0.3) is 0 Å². The van der Waals surface area contributed by atoms with Gasteiger partial charge in [-0.25, -0.2) is 18.7 Å². The summed E-state index contributed by atoms with van der Waals surface area (Å²) in [6.07, 6.45) is 31.6. The molecule has 0 radical (unpaired) electrons. The number of aromatic nitrogens is 2. The lowest BCUT2D eigenvalue weighted by molar-refractivity contribution is 0.301. The van der Waals surface area contributed by atoms with E-state index in [-0.39, 0.29) is 11.6 Å². The minimum absolute atomic E-state index is 0.145. The molecule has 58 heavy (non-hydrogen) atoms. The van der Waals surface area contributed by atoms with Crippen LogP contribution in [-0.2, 0) is 0 Å². The second-order valence-electron chi connectivity index (χ2n) is 17.3. The third-order valence-electron chi connectivity index (χ3n) is 12.8. The SMILES string of the molecule is CCCCCCCCOc1cnc(-c2ccc([C@H]3CC[C@H](CCCCC)CC3)cc2)c(F)c1.CCCCC[C@H]1CC[C@H](c2ccc(-c3ncc(O)cc3F)cc2)CC1. The first-order chi connectivity index (χ1) is 28.4. The molecule has 2 aromatic carbocycles. The first-order valence-electron chi connectivity index (χ1n) is 23.2. The van der Waals surface area contributed by atoms with Gasteiger partial charge >= 0.3 is 0 Å². The van der Waals surface area contributed by atoms with Gasteiger partial charge in [-0.05, 0) is 92.6 Å². The Morgan fingerprint density at radius 1 is 0.534 bits per heavy atom. The maximum atomic E-state index is 14.7. The molecule has 6 rings (SSSR count). The molecule has 2 heterocycles. The smallest absolute Gasteiger partial charge is 0.153 e. The summed E-state index contributed by atoms with van der Waals surface area (Å²) in [5.41, 5.74) is 5.05. The Morgan fingerprint density at radius 3 is 1.43 bits per heavy atom. The van der Waals surface area contributed by atoms with Crippen LogP contribution in [-0.4, -0.2) is 21.7 Å². The van der Waals surface area contributed by atoms with E-state index >= 15 is 0 Å². The van der Waals surface area contributed by atoms with Crippen LogP contribution in [0.5, 0.6) is 11.5 Å². The molecule has 2 fully saturated rings. The fraction of sp³-hybridized carbons (Fsp3) is 0.577. The average molecular weight is 795 g/mol. The highest BCUT2D eigenvalue weighted by Gasteiger charge is 2.23. The van der Waals surface area contributed by atoms with Gasteiger partial charge in [-0.2, -0.15) is 0 Å². The number of nitrogens with zero attached hydrogens (tertiary/aromatic N) is 2. The maximum Gasteiger partial charge on any atom is 0.153 e. The fourth-order valence-electron chi connectivity index (χ4n) is 9.19. The van der Waals surface area contributed by atoms with Crippen molar-refractivity contribution in [2.24, 2.45) is 11.8 Å². The topological polar surface area (TPSA) is 55.2 Å². The Balaban J connectivity index is 0.000000229. The van der Waals surface area contributed by atoms with Gasteiger partial charge in [-0.1, -0.05) is 153 Å². The van der Waals surface area contributed by atoms with Crippen molar-refractivity contribution in [3.8, 4) is 34.0 Å². The number of hydrogen-bond acceptors (Lipinski definition) is 4. The molecule has 2 aromatic heterocycles. The van der Waals surface area contributed by atoms with Crippen LogP contribution in [0.1, 0.15) is 185 Å². The van der Waals surface area contributed by atoms with E-state index in [1.165, 1.54) is 158 Å². The Hall–Kier alpha value is -3.80. The highest BCUT2D eigenvalue weighted by molar-refractivity contribution is 5.61. The summed E-state index contributed by atoms with van der Waals surface area (Å²) in [7, 11) is 0. The van der Waals surface area contributed by atoms with Crippen LogP contribution in [0.3, 0.4) is 0 Å². The van der Waals surface area contributed by atoms with E-state index in [1.807, 2.05) is 24.3 Å². The van der Waals surface area contributed by atoms with Gasteiger partial charge in [0.1, 0.15) is 22.9 Å². The molecule has 0 atom stereocenters. The first-order valence-corrected chi connectivity index (χ1v) is 23.2. The van der Waals surface area contributed by atoms with Crippen molar-refractivity contribution in [3.63, 3.8) is 0 Å². The Bertz CT molecular complexity index is 1730. The van der Waals surface area contributed by atoms with Gasteiger partial charge in [0.05, 0.1) is 19.0 Å². The molecule has 0 aliphatic heterocycles. The van der Waals surface area contributed by atoms with Crippen molar-refractivity contribution in [2.45, 2.75) is 174 Å². The van der Waals surface area contributed by atoms with Crippen molar-refractivity contribution in [3.05, 3.63) is 95.8 Å². The third kappa shape index (κ3) is 14.5. The molecule has 2 aliphatic carbocycles. The summed E-state index contributed by atoms with van der Waals surface area (Å²) in [5, 5.41) is 9.29. The van der Waals surface area contributed by atoms with Crippen molar-refractivity contribution < 1.29 is 18.6 Å². The van der Waals surface area contributed by atoms with Gasteiger partial charge in [0, 0.05) is 23.3 Å². The number of benzene rings is 2. The van der Waals surface area contributed by atoms with E-state index in [2.05, 4.69) is 55.0 Å². The van der Waals surface area contributed by atoms with E-state index in [9.17, 15) is 13.9 Å². The number of aromatic hydroxyl groups is 1. The van der Waals surface area contributed by atoms with E-state index in [4.69, 9.17) is 4.74 Å². The molecule has 0 saturated heterocycles. The fourth-order valence-corrected chi connectivity index (χ4v) is 9.19. The predicted octanol–water partition coefficient (Wildman–Crippen LogP) is 15.9. The maximum absolute atomic E-state index is 14.7. The van der Waals surface area contributed by atoms with Gasteiger partial charge in [-0.3, -0.25) is 0 Å². The molecule has 6 heteroatoms. The van der Waals surface area contributed by atoms with E-state index < -0.39 is 5.82 Å². The molecule has 2 aliphatic rings. The molecule has 316 valence electrons. The number of pyridine rings is 2. The summed E-state index contributed by atoms with van der Waals surface area (Å²) in [5.74, 6) is 2.71. The Morgan fingerprint density at radius 2 is 0.966 bits per heavy atom. The molecule has 4 nitrogen and oxygen atoms in total. The van der Waals surface area contributed by atoms with Crippen molar-refractivity contribution in [1.29, 1.82) is 0 Å². The largest absolute Gasteiger partial charge is 0.506 e. The predicted molar refractivity (Wildman–Crippen MR) is 237 cm³/mol. The lowest BCUT2D eigenvalue weighted by atomic mass is 9.77. The van der Waals surface area contributed by atoms with Gasteiger partial charge in [0.15, 0.2) is 11.6 Å². The van der Waals surface area contributed by atoms with Crippen molar-refractivity contribution in [2.75, 3.05) is 6.61 Å². The minimum Gasteiger partial charge on any atom is -0.506 e. The molecule has 0 spiro atoms. The standard InChI is InChI=1S/C30H44FNO.C22H28FNO/c1-3-5-7-8-9-11-21-33-28-22-29(31)30(32-23-28)27-19-17-26(18-20-27)25-15-13-24(14-16-25)12-10-6-4-2;1-2-3-4-5-16-6-8-17(9-7-16)18-10-12-19(13-11-18)22-21(23)14-20(25)15-24-22/h17-20,22-25H,3-16,21H2,1-2H3;10-17,25H,2-9H2,1H3/t24-,25-;16-,17-. The van der Waals surface area contributed by atoms with Gasteiger partial charge in [-0.15, -0.1) is 0 Å². The third-order valence-corrected chi connectivity index (χ3v) is 12.8. The number of halogens is 2. The van der Waals surface area contributed by atoms with Crippen molar-refractivity contribution in [1.82, 2.24) is 9.97 Å². The quantitative estimate of drug-likeness (QED) is 0.0906. The lowest BCUT2D eigenvalue weighted by Gasteiger charge is -2.29. The zero-order valence-corrected chi connectivity index (χ0v) is 36.0. The van der Waals surface area contributed by atoms with Crippen LogP contribution in [0.2, 0.25) is 0 Å². The molecule has 1 N–H and O–H groups in total. The van der Waals surface area contributed by atoms with E-state index in [1.54, 1.807) is 6.20 Å². The molecular formula is C52H72F2N2O2. The highest BCUT2D eigenvalue weighted by Crippen LogP contribution is 2.40. The second kappa shape index (κ2) is 25.0. The summed E-state index contributed by atoms with van der Waals surface area (Å²) < 4.78 is 34.4. The Kier molecular flexibility index (Phi) is 19.5. The Labute approximate surface area is 349 Å². The molecule has 4 aromatic rings. The minimum atomic E-state index is -0.486. The number of unbranched alkanes of at least 4 members (excludes halogenated alkanes) is 9. The van der Waals surface area contributed by atoms with Crippen LogP contribution in [0.25, 0.3) is 22.5 Å². The molecule has 0 bridgehead atoms. The van der Waals surface area contributed by atoms with Crippen LogP contribution < -0.4 is 4.74 Å². The number of hydrogen-bond donors (Lipinski definition) is 1. The summed E-state index contributed by atoms with van der Waals surface area (Å²) in [4.78, 5) is 8.39. The van der Waals surface area contributed by atoms with Crippen LogP contribution in [0, 0.1) is 23.5 Å². The zero-order valence-electron chi connectivity index (χ0n) is 36.0. The summed E-state index contributed by atoms with van der Waals surface area (Å²) >= 11 is 0. The first kappa shape index (κ1) is 45.3. The second-order valence-corrected chi connectivity index (χ2v) is 17.3. The van der Waals surface area contributed by atoms with Crippen LogP contribution in [0.4, 0.5) is 8.78 Å². The van der Waals surface area contributed by atoms with Gasteiger partial charge in [0.2, 0.25) is 0 Å². The highest BCUT2D eigenvalue weighted by atomic mass is 19.1. The molecule has 2 saturated carbocycles. The monoisotopic (exact) mass is 795 g/mol. The number of rotatable bonds is 20. The number of ether oxygens (including phenoxy) is 1. The van der Waals surface area contributed by atoms with Crippen molar-refractivity contribution >= 4 is 0 Å². The van der Waals surface area contributed by atoms with Gasteiger partial charge < -0.3 is 9.84 Å². The molecule has 0 unspecified atom stereocenters. The zero-order chi connectivity index (χ0) is 41.0. The van der Waals surface area contributed by atoms with E-state index in [0.717, 1.165) is 35.4 Å². The summed E-state index contributed by atoms with van der Waals surface area (Å²) in [6, 6.07) is 19.1. The molecular weight excluding hydrogens is 723 g/mol. The normalized spacial score (nSPS) is 19.3. The van der Waals surface area contributed by atoms with Crippen LogP contribution in [0.15, 0.2) is 73.1 Å². The lowest BCUT2D eigenvalue weighted by Crippen LogP contribution is -2.13. The summed E-state index contributed by atoms with van der Waals surface area (Å²) in [6.45, 7) is 7.40. The molecule has 0 amide bonds. The van der Waals surface area contributed by atoms with Crippen LogP contribution >= 0.6 is 0 Å².